The van der Waals surface area contributed by atoms with E-state index in [1.165, 1.54) is 12.1 Å². The van der Waals surface area contributed by atoms with Crippen LogP contribution >= 0.6 is 0 Å². The molecule has 0 heterocycles. The van der Waals surface area contributed by atoms with Gasteiger partial charge in [0.15, 0.2) is 0 Å². The molecule has 1 aliphatic carbocycles. The third-order valence-corrected chi connectivity index (χ3v) is 5.44. The molecule has 1 aromatic carbocycles. The highest BCUT2D eigenvalue weighted by molar-refractivity contribution is 7.86. The van der Waals surface area contributed by atoms with E-state index in [4.69, 9.17) is 14.5 Å². The number of rotatable bonds is 6. The molecule has 0 bridgehead atoms. The Kier molecular flexibility index (Phi) is 6.42. The maximum atomic E-state index is 12.6. The SMILES string of the molecule is CCOC(=O)C1=C[C@H](C)[C@H](N=[N+]=[N-])[C@H](OS(=O)(=O)c2ccc(C)cc2)C1. The lowest BCUT2D eigenvalue weighted by Crippen LogP contribution is -2.38. The molecule has 0 aromatic heterocycles. The van der Waals surface area contributed by atoms with Crippen LogP contribution in [0.25, 0.3) is 10.4 Å². The van der Waals surface area contributed by atoms with Gasteiger partial charge in [-0.05, 0) is 37.4 Å². The summed E-state index contributed by atoms with van der Waals surface area (Å²) in [5.41, 5.74) is 10.0. The Hall–Kier alpha value is -2.35. The third-order valence-electron chi connectivity index (χ3n) is 4.09. The summed E-state index contributed by atoms with van der Waals surface area (Å²) in [4.78, 5) is 14.8. The first kappa shape index (κ1) is 20.0. The maximum Gasteiger partial charge on any atom is 0.333 e. The highest BCUT2D eigenvalue weighted by Gasteiger charge is 2.37. The lowest BCUT2D eigenvalue weighted by Gasteiger charge is -2.31. The molecule has 2 rings (SSSR count). The topological polar surface area (TPSA) is 118 Å². The quantitative estimate of drug-likeness (QED) is 0.247. The van der Waals surface area contributed by atoms with Crippen molar-refractivity contribution in [2.45, 2.75) is 44.2 Å². The smallest absolute Gasteiger partial charge is 0.333 e. The van der Waals surface area contributed by atoms with Gasteiger partial charge in [0.2, 0.25) is 0 Å². The number of hydrogen-bond acceptors (Lipinski definition) is 6. The van der Waals surface area contributed by atoms with Gasteiger partial charge >= 0.3 is 5.97 Å². The molecule has 0 spiro atoms. The van der Waals surface area contributed by atoms with E-state index < -0.39 is 28.2 Å². The average Bonchev–Trinajstić information content (AvgIpc) is 2.58. The predicted molar refractivity (Wildman–Crippen MR) is 94.7 cm³/mol. The van der Waals surface area contributed by atoms with E-state index in [0.29, 0.717) is 5.57 Å². The molecular weight excluding hydrogens is 358 g/mol. The Morgan fingerprint density at radius 2 is 2.00 bits per heavy atom. The van der Waals surface area contributed by atoms with Gasteiger partial charge in [-0.25, -0.2) is 4.79 Å². The van der Waals surface area contributed by atoms with Crippen molar-refractivity contribution in [1.29, 1.82) is 0 Å². The fourth-order valence-electron chi connectivity index (χ4n) is 2.79. The number of benzene rings is 1. The number of carbonyl (C=O) groups is 1. The highest BCUT2D eigenvalue weighted by Crippen LogP contribution is 2.31. The van der Waals surface area contributed by atoms with Crippen LogP contribution in [0.3, 0.4) is 0 Å². The summed E-state index contributed by atoms with van der Waals surface area (Å²) in [5.74, 6) is -0.905. The molecule has 1 aromatic rings. The van der Waals surface area contributed by atoms with Crippen LogP contribution < -0.4 is 0 Å². The van der Waals surface area contributed by atoms with Crippen molar-refractivity contribution in [3.05, 3.63) is 51.9 Å². The first-order valence-corrected chi connectivity index (χ1v) is 9.61. The fraction of sp³-hybridized carbons (Fsp3) is 0.471. The number of hydrogen-bond donors (Lipinski definition) is 0. The summed E-state index contributed by atoms with van der Waals surface area (Å²) in [7, 11) is -4.08. The zero-order chi connectivity index (χ0) is 19.3. The summed E-state index contributed by atoms with van der Waals surface area (Å²) >= 11 is 0. The van der Waals surface area contributed by atoms with Crippen molar-refractivity contribution in [2.75, 3.05) is 6.61 Å². The number of aryl methyl sites for hydroxylation is 1. The van der Waals surface area contributed by atoms with E-state index >= 15 is 0 Å². The molecule has 3 atom stereocenters. The van der Waals surface area contributed by atoms with Crippen LogP contribution in [0.4, 0.5) is 0 Å². The highest BCUT2D eigenvalue weighted by atomic mass is 32.2. The second-order valence-electron chi connectivity index (χ2n) is 6.07. The molecule has 0 N–H and O–H groups in total. The maximum absolute atomic E-state index is 12.6. The molecule has 9 heteroatoms. The molecule has 140 valence electrons. The van der Waals surface area contributed by atoms with Crippen LogP contribution in [0.15, 0.2) is 45.9 Å². The van der Waals surface area contributed by atoms with Gasteiger partial charge in [0, 0.05) is 16.9 Å². The second kappa shape index (κ2) is 8.35. The minimum atomic E-state index is -4.08. The van der Waals surface area contributed by atoms with Gasteiger partial charge in [-0.2, -0.15) is 8.42 Å². The van der Waals surface area contributed by atoms with Crippen LogP contribution in [-0.4, -0.2) is 33.1 Å². The fourth-order valence-corrected chi connectivity index (χ4v) is 3.88. The third kappa shape index (κ3) is 4.63. The van der Waals surface area contributed by atoms with Crippen LogP contribution in [0, 0.1) is 12.8 Å². The van der Waals surface area contributed by atoms with Gasteiger partial charge in [-0.1, -0.05) is 35.8 Å². The van der Waals surface area contributed by atoms with Crippen molar-refractivity contribution in [3.63, 3.8) is 0 Å². The molecule has 0 amide bonds. The molecule has 0 unspecified atom stereocenters. The van der Waals surface area contributed by atoms with Gasteiger partial charge in [-0.15, -0.1) is 0 Å². The van der Waals surface area contributed by atoms with Crippen molar-refractivity contribution < 1.29 is 22.1 Å². The average molecular weight is 379 g/mol. The Labute approximate surface area is 152 Å². The molecule has 26 heavy (non-hydrogen) atoms. The van der Waals surface area contributed by atoms with Crippen LogP contribution in [-0.2, 0) is 23.8 Å². The van der Waals surface area contributed by atoms with Gasteiger partial charge in [0.1, 0.15) is 0 Å². The van der Waals surface area contributed by atoms with Crippen molar-refractivity contribution in [3.8, 4) is 0 Å². The first-order chi connectivity index (χ1) is 12.3. The standard InChI is InChI=1S/C17H21N3O5S/c1-4-24-17(21)13-9-12(3)16(19-20-18)15(10-13)25-26(22,23)14-7-5-11(2)6-8-14/h5-9,12,15-16H,4,10H2,1-3H3/t12-,15+,16-/m0/s1. The van der Waals surface area contributed by atoms with Crippen molar-refractivity contribution in [1.82, 2.24) is 0 Å². The Morgan fingerprint density at radius 3 is 2.58 bits per heavy atom. The number of carbonyl (C=O) groups excluding carboxylic acids is 1. The van der Waals surface area contributed by atoms with Gasteiger partial charge in [0.05, 0.1) is 23.6 Å². The minimum Gasteiger partial charge on any atom is -0.463 e. The Balaban J connectivity index is 2.31. The summed E-state index contributed by atoms with van der Waals surface area (Å²) in [5, 5.41) is 3.67. The monoisotopic (exact) mass is 379 g/mol. The number of ether oxygens (including phenoxy) is 1. The zero-order valence-corrected chi connectivity index (χ0v) is 15.6. The van der Waals surface area contributed by atoms with E-state index in [0.717, 1.165) is 5.56 Å². The van der Waals surface area contributed by atoms with E-state index in [1.54, 1.807) is 32.1 Å². The molecule has 1 aliphatic rings. The van der Waals surface area contributed by atoms with E-state index in [2.05, 4.69) is 10.0 Å². The van der Waals surface area contributed by atoms with E-state index in [-0.39, 0.29) is 23.8 Å². The normalized spacial score (nSPS) is 22.9. The summed E-state index contributed by atoms with van der Waals surface area (Å²) in [6.07, 6.45) is 0.629. The Morgan fingerprint density at radius 1 is 1.35 bits per heavy atom. The second-order valence-corrected chi connectivity index (χ2v) is 7.65. The van der Waals surface area contributed by atoms with E-state index in [1.807, 2.05) is 6.92 Å². The van der Waals surface area contributed by atoms with Gasteiger partial charge < -0.3 is 4.74 Å². The molecule has 0 saturated heterocycles. The predicted octanol–water partition coefficient (Wildman–Crippen LogP) is 3.28. The number of azide groups is 1. The van der Waals surface area contributed by atoms with Crippen LogP contribution in [0.1, 0.15) is 25.8 Å². The number of esters is 1. The lowest BCUT2D eigenvalue weighted by molar-refractivity contribution is -0.139. The van der Waals surface area contributed by atoms with Gasteiger partial charge in [0.25, 0.3) is 10.1 Å². The van der Waals surface area contributed by atoms with E-state index in [9.17, 15) is 13.2 Å². The summed E-state index contributed by atoms with van der Waals surface area (Å²) in [6, 6.07) is 5.46. The minimum absolute atomic E-state index is 0.00248. The molecular formula is C17H21N3O5S. The summed E-state index contributed by atoms with van der Waals surface area (Å²) < 4.78 is 35.5. The van der Waals surface area contributed by atoms with Crippen molar-refractivity contribution >= 4 is 16.1 Å². The molecule has 0 aliphatic heterocycles. The molecule has 0 fully saturated rings. The Bertz CT molecular complexity index is 842. The largest absolute Gasteiger partial charge is 0.463 e. The number of nitrogens with zero attached hydrogens (tertiary/aromatic N) is 3. The van der Waals surface area contributed by atoms with Gasteiger partial charge in [-0.3, -0.25) is 4.18 Å². The molecule has 0 radical (unpaired) electrons. The van der Waals surface area contributed by atoms with Crippen LogP contribution in [0.5, 0.6) is 0 Å². The molecule has 0 saturated carbocycles. The van der Waals surface area contributed by atoms with Crippen LogP contribution in [0.2, 0.25) is 0 Å². The van der Waals surface area contributed by atoms with Crippen molar-refractivity contribution in [2.24, 2.45) is 11.0 Å². The molecule has 8 nitrogen and oxygen atoms in total. The zero-order valence-electron chi connectivity index (χ0n) is 14.8. The summed E-state index contributed by atoms with van der Waals surface area (Å²) in [6.45, 7) is 5.46. The lowest BCUT2D eigenvalue weighted by atomic mass is 9.85. The first-order valence-electron chi connectivity index (χ1n) is 8.20.